The summed E-state index contributed by atoms with van der Waals surface area (Å²) in [6, 6.07) is 8.98. The predicted octanol–water partition coefficient (Wildman–Crippen LogP) is 4.14. The maximum atomic E-state index is 13.0. The van der Waals surface area contributed by atoms with Gasteiger partial charge in [0, 0.05) is 11.8 Å². The molecule has 3 aromatic heterocycles. The van der Waals surface area contributed by atoms with Crippen molar-refractivity contribution in [3.63, 3.8) is 0 Å². The summed E-state index contributed by atoms with van der Waals surface area (Å²) in [4.78, 5) is 15.5. The third-order valence-corrected chi connectivity index (χ3v) is 4.37. The number of nitrogens with one attached hydrogen (secondary N) is 2. The van der Waals surface area contributed by atoms with Crippen molar-refractivity contribution in [1.82, 2.24) is 29.5 Å². The average molecular weight is 389 g/mol. The summed E-state index contributed by atoms with van der Waals surface area (Å²) < 4.78 is 40.2. The first-order valence-electron chi connectivity index (χ1n) is 8.75. The Morgan fingerprint density at radius 1 is 1.11 bits per heavy atom. The van der Waals surface area contributed by atoms with Gasteiger partial charge in [-0.05, 0) is 25.0 Å². The first-order valence-corrected chi connectivity index (χ1v) is 8.75. The van der Waals surface area contributed by atoms with Gasteiger partial charge in [-0.15, -0.1) is 5.10 Å². The zero-order valence-corrected chi connectivity index (χ0v) is 15.4. The molecule has 2 N–H and O–H groups in total. The van der Waals surface area contributed by atoms with Crippen LogP contribution in [0.4, 0.5) is 19.0 Å². The molecule has 0 bridgehead atoms. The lowest BCUT2D eigenvalue weighted by Gasteiger charge is -2.21. The van der Waals surface area contributed by atoms with Crippen LogP contribution < -0.4 is 5.32 Å². The molecule has 0 aliphatic rings. The number of aromatic nitrogens is 6. The molecule has 4 aromatic rings. The van der Waals surface area contributed by atoms with Gasteiger partial charge in [0.2, 0.25) is 0 Å². The van der Waals surface area contributed by atoms with E-state index in [4.69, 9.17) is 0 Å². The molecule has 0 fully saturated rings. The number of rotatable bonds is 4. The lowest BCUT2D eigenvalue weighted by molar-refractivity contribution is -0.144. The van der Waals surface area contributed by atoms with Crippen LogP contribution in [0.25, 0.3) is 16.8 Å². The second-order valence-electron chi connectivity index (χ2n) is 6.93. The molecule has 3 heterocycles. The number of benzene rings is 1. The number of halogens is 3. The number of hydrogen-bond donors (Lipinski definition) is 2. The van der Waals surface area contributed by atoms with E-state index in [2.05, 4.69) is 30.4 Å². The van der Waals surface area contributed by atoms with E-state index in [1.165, 1.54) is 0 Å². The van der Waals surface area contributed by atoms with Gasteiger partial charge in [0.15, 0.2) is 0 Å². The zero-order valence-electron chi connectivity index (χ0n) is 15.4. The van der Waals surface area contributed by atoms with Crippen molar-refractivity contribution in [2.45, 2.75) is 33.0 Å². The van der Waals surface area contributed by atoms with E-state index in [1.807, 2.05) is 38.1 Å². The van der Waals surface area contributed by atoms with E-state index in [-0.39, 0.29) is 17.7 Å². The number of nitrogens with zero attached hydrogens (tertiary/aromatic N) is 5. The van der Waals surface area contributed by atoms with Crippen molar-refractivity contribution in [2.75, 3.05) is 5.32 Å². The van der Waals surface area contributed by atoms with Crippen LogP contribution in [-0.2, 0) is 6.18 Å². The lowest BCUT2D eigenvalue weighted by Crippen LogP contribution is -2.20. The summed E-state index contributed by atoms with van der Waals surface area (Å²) in [7, 11) is 0. The number of H-pyrrole nitrogens is 1. The molecule has 4 rings (SSSR count). The summed E-state index contributed by atoms with van der Waals surface area (Å²) in [6.45, 7) is 5.69. The maximum Gasteiger partial charge on any atom is 0.453 e. The molecule has 1 atom stereocenters. The molecule has 10 heteroatoms. The fourth-order valence-electron chi connectivity index (χ4n) is 3.04. The molecule has 0 saturated carbocycles. The Bertz CT molecular complexity index is 1110. The molecule has 0 radical (unpaired) electrons. The molecule has 0 saturated heterocycles. The first kappa shape index (κ1) is 18.2. The van der Waals surface area contributed by atoms with Crippen molar-refractivity contribution in [2.24, 2.45) is 5.92 Å². The van der Waals surface area contributed by atoms with E-state index >= 15 is 0 Å². The maximum absolute atomic E-state index is 13.0. The van der Waals surface area contributed by atoms with Crippen molar-refractivity contribution in [3.05, 3.63) is 47.7 Å². The highest BCUT2D eigenvalue weighted by atomic mass is 19.4. The number of imidazole rings is 1. The van der Waals surface area contributed by atoms with Crippen LogP contribution in [0.1, 0.15) is 37.2 Å². The number of para-hydroxylation sites is 2. The number of fused-ring (bicyclic) bond motifs is 2. The van der Waals surface area contributed by atoms with Gasteiger partial charge in [0.1, 0.15) is 11.6 Å². The van der Waals surface area contributed by atoms with Crippen molar-refractivity contribution >= 4 is 22.6 Å². The Labute approximate surface area is 158 Å². The summed E-state index contributed by atoms with van der Waals surface area (Å²) >= 11 is 0. The Balaban J connectivity index is 1.78. The standard InChI is InChI=1S/C18H18F3N7/c1-9(2)14(15-23-11-6-4-5-7-12(11)24-15)25-13-8-10(3)22-17-26-16(18(19,20)21)27-28(13)17/h4-9,14,25H,1-3H3,(H,23,24)/t14-/m0/s1. The molecule has 0 unspecified atom stereocenters. The van der Waals surface area contributed by atoms with Crippen molar-refractivity contribution < 1.29 is 13.2 Å². The molecule has 0 aliphatic heterocycles. The van der Waals surface area contributed by atoms with E-state index in [0.717, 1.165) is 15.5 Å². The third-order valence-electron chi connectivity index (χ3n) is 4.37. The summed E-state index contributed by atoms with van der Waals surface area (Å²) in [5.41, 5.74) is 2.24. The Kier molecular flexibility index (Phi) is 4.20. The third kappa shape index (κ3) is 3.25. The van der Waals surface area contributed by atoms with Crippen molar-refractivity contribution in [1.29, 1.82) is 0 Å². The van der Waals surface area contributed by atoms with Crippen LogP contribution in [0.5, 0.6) is 0 Å². The van der Waals surface area contributed by atoms with Crippen molar-refractivity contribution in [3.8, 4) is 0 Å². The summed E-state index contributed by atoms with van der Waals surface area (Å²) in [5.74, 6) is -0.185. The Hall–Kier alpha value is -3.17. The van der Waals surface area contributed by atoms with Gasteiger partial charge < -0.3 is 10.3 Å². The molecule has 28 heavy (non-hydrogen) atoms. The first-order chi connectivity index (χ1) is 13.2. The summed E-state index contributed by atoms with van der Waals surface area (Å²) in [6.07, 6.45) is -4.64. The molecule has 0 amide bonds. The van der Waals surface area contributed by atoms with Crippen LogP contribution in [0.15, 0.2) is 30.3 Å². The minimum absolute atomic E-state index is 0.0923. The van der Waals surface area contributed by atoms with Gasteiger partial charge in [-0.2, -0.15) is 22.7 Å². The largest absolute Gasteiger partial charge is 0.453 e. The van der Waals surface area contributed by atoms with Gasteiger partial charge in [0.05, 0.1) is 17.1 Å². The highest BCUT2D eigenvalue weighted by Gasteiger charge is 2.37. The van der Waals surface area contributed by atoms with Crippen LogP contribution in [0, 0.1) is 12.8 Å². The van der Waals surface area contributed by atoms with Gasteiger partial charge in [-0.25, -0.2) is 9.97 Å². The molecule has 146 valence electrons. The number of hydrogen-bond acceptors (Lipinski definition) is 5. The Morgan fingerprint density at radius 3 is 2.54 bits per heavy atom. The van der Waals surface area contributed by atoms with Gasteiger partial charge in [0.25, 0.3) is 11.6 Å². The minimum Gasteiger partial charge on any atom is -0.360 e. The fourth-order valence-corrected chi connectivity index (χ4v) is 3.04. The average Bonchev–Trinajstić information content (AvgIpc) is 3.22. The Morgan fingerprint density at radius 2 is 1.86 bits per heavy atom. The van der Waals surface area contributed by atoms with Crippen LogP contribution >= 0.6 is 0 Å². The zero-order chi connectivity index (χ0) is 20.1. The van der Waals surface area contributed by atoms with Gasteiger partial charge in [-0.3, -0.25) is 0 Å². The lowest BCUT2D eigenvalue weighted by atomic mass is 10.0. The minimum atomic E-state index is -4.64. The second kappa shape index (κ2) is 6.47. The SMILES string of the molecule is Cc1cc(N[C@H](c2nc3ccccc3[nH]2)C(C)C)n2nc(C(F)(F)F)nc2n1. The molecular formula is C18H18F3N7. The second-order valence-corrected chi connectivity index (χ2v) is 6.93. The highest BCUT2D eigenvalue weighted by molar-refractivity contribution is 5.75. The normalized spacial score (nSPS) is 13.5. The van der Waals surface area contributed by atoms with Crippen LogP contribution in [-0.4, -0.2) is 29.5 Å². The number of alkyl halides is 3. The number of anilines is 1. The fraction of sp³-hybridized carbons (Fsp3) is 0.333. The van der Waals surface area contributed by atoms with E-state index in [0.29, 0.717) is 17.3 Å². The van der Waals surface area contributed by atoms with Gasteiger partial charge >= 0.3 is 6.18 Å². The molecule has 0 spiro atoms. The van der Waals surface area contributed by atoms with E-state index in [1.54, 1.807) is 13.0 Å². The van der Waals surface area contributed by atoms with Crippen LogP contribution in [0.2, 0.25) is 0 Å². The monoisotopic (exact) mass is 389 g/mol. The molecule has 7 nitrogen and oxygen atoms in total. The highest BCUT2D eigenvalue weighted by Crippen LogP contribution is 2.29. The van der Waals surface area contributed by atoms with E-state index < -0.39 is 12.0 Å². The van der Waals surface area contributed by atoms with E-state index in [9.17, 15) is 13.2 Å². The quantitative estimate of drug-likeness (QED) is 0.548. The van der Waals surface area contributed by atoms with Crippen LogP contribution in [0.3, 0.4) is 0 Å². The van der Waals surface area contributed by atoms with Gasteiger partial charge in [-0.1, -0.05) is 26.0 Å². The summed E-state index contributed by atoms with van der Waals surface area (Å²) in [5, 5.41) is 6.86. The topological polar surface area (TPSA) is 83.8 Å². The molecular weight excluding hydrogens is 371 g/mol. The molecule has 0 aliphatic carbocycles. The molecule has 1 aromatic carbocycles. The number of aromatic amines is 1. The predicted molar refractivity (Wildman–Crippen MR) is 97.8 cm³/mol. The number of aryl methyl sites for hydroxylation is 1. The smallest absolute Gasteiger partial charge is 0.360 e.